The summed E-state index contributed by atoms with van der Waals surface area (Å²) in [6, 6.07) is 15.7. The van der Waals surface area contributed by atoms with Crippen molar-refractivity contribution in [3.8, 4) is 11.6 Å². The van der Waals surface area contributed by atoms with E-state index < -0.39 is 5.82 Å². The Labute approximate surface area is 251 Å². The minimum absolute atomic E-state index is 0.0404. The summed E-state index contributed by atoms with van der Waals surface area (Å²) in [6.07, 6.45) is 2.92. The highest BCUT2D eigenvalue weighted by Crippen LogP contribution is 2.26. The number of ether oxygens (including phenoxy) is 4. The van der Waals surface area contributed by atoms with E-state index in [-0.39, 0.29) is 30.5 Å². The van der Waals surface area contributed by atoms with Crippen LogP contribution in [0.2, 0.25) is 0 Å². The quantitative estimate of drug-likeness (QED) is 0.210. The summed E-state index contributed by atoms with van der Waals surface area (Å²) in [4.78, 5) is 24.0. The van der Waals surface area contributed by atoms with E-state index in [1.807, 2.05) is 30.3 Å². The Balaban J connectivity index is 1.07. The van der Waals surface area contributed by atoms with Gasteiger partial charge in [0.25, 0.3) is 0 Å². The third-order valence-electron chi connectivity index (χ3n) is 7.67. The molecule has 2 saturated heterocycles. The largest absolute Gasteiger partial charge is 0.484 e. The first kappa shape index (κ1) is 28.6. The van der Waals surface area contributed by atoms with Crippen LogP contribution >= 0.6 is 15.9 Å². The molecule has 42 heavy (non-hydrogen) atoms. The maximum Gasteiger partial charge on any atom is 0.337 e. The first-order valence-electron chi connectivity index (χ1n) is 14.1. The van der Waals surface area contributed by atoms with Crippen molar-refractivity contribution in [2.75, 3.05) is 26.8 Å². The fourth-order valence-corrected chi connectivity index (χ4v) is 5.61. The van der Waals surface area contributed by atoms with Gasteiger partial charge in [-0.1, -0.05) is 22.0 Å². The molecule has 0 radical (unpaired) electrons. The molecule has 220 valence electrons. The molecule has 9 nitrogen and oxygen atoms in total. The van der Waals surface area contributed by atoms with Crippen LogP contribution in [0.5, 0.6) is 11.6 Å². The lowest BCUT2D eigenvalue weighted by Gasteiger charge is -2.32. The molecule has 1 atom stereocenters. The predicted octanol–water partition coefficient (Wildman–Crippen LogP) is 5.53. The fraction of sp³-hybridized carbons (Fsp3) is 0.387. The van der Waals surface area contributed by atoms with Crippen molar-refractivity contribution < 1.29 is 28.1 Å². The van der Waals surface area contributed by atoms with Gasteiger partial charge in [0, 0.05) is 30.2 Å². The van der Waals surface area contributed by atoms with Gasteiger partial charge in [0.1, 0.15) is 18.5 Å². The highest BCUT2D eigenvalue weighted by molar-refractivity contribution is 9.10. The van der Waals surface area contributed by atoms with Crippen LogP contribution in [0.15, 0.2) is 59.1 Å². The highest BCUT2D eigenvalue weighted by atomic mass is 79.9. The number of piperidine rings is 1. The highest BCUT2D eigenvalue weighted by Gasteiger charge is 2.26. The van der Waals surface area contributed by atoms with Gasteiger partial charge in [-0.15, -0.1) is 0 Å². The van der Waals surface area contributed by atoms with E-state index >= 15 is 0 Å². The summed E-state index contributed by atoms with van der Waals surface area (Å²) in [5, 5.41) is 0. The SMILES string of the molecule is COC(=O)c1ccc2nc(CN3CCC(Oc4cccc(COc5ccc(Br)cc5F)n4)CC3)n(C[C@@H]3CCO3)c2c1. The van der Waals surface area contributed by atoms with E-state index in [1.165, 1.54) is 13.2 Å². The number of pyridine rings is 1. The van der Waals surface area contributed by atoms with Gasteiger partial charge in [-0.25, -0.2) is 19.2 Å². The third kappa shape index (κ3) is 6.58. The number of aromatic nitrogens is 3. The molecule has 2 aliphatic rings. The van der Waals surface area contributed by atoms with Crippen LogP contribution in [0.4, 0.5) is 4.39 Å². The number of carbonyl (C=O) groups is 1. The molecule has 2 aliphatic heterocycles. The van der Waals surface area contributed by atoms with Gasteiger partial charge in [0.05, 0.1) is 48.6 Å². The normalized spacial score (nSPS) is 17.6. The van der Waals surface area contributed by atoms with Crippen LogP contribution in [0.25, 0.3) is 11.0 Å². The van der Waals surface area contributed by atoms with Gasteiger partial charge in [0.2, 0.25) is 5.88 Å². The molecule has 4 heterocycles. The molecule has 0 amide bonds. The van der Waals surface area contributed by atoms with Gasteiger partial charge in [-0.2, -0.15) is 0 Å². The van der Waals surface area contributed by atoms with E-state index in [2.05, 4.69) is 30.4 Å². The second-order valence-corrected chi connectivity index (χ2v) is 11.5. The monoisotopic (exact) mass is 638 g/mol. The number of hydrogen-bond acceptors (Lipinski definition) is 8. The molecule has 6 rings (SSSR count). The van der Waals surface area contributed by atoms with Crippen LogP contribution in [0.3, 0.4) is 0 Å². The number of methoxy groups -OCH3 is 1. The van der Waals surface area contributed by atoms with Gasteiger partial charge >= 0.3 is 5.97 Å². The van der Waals surface area contributed by atoms with Crippen molar-refractivity contribution in [3.05, 3.63) is 82.0 Å². The van der Waals surface area contributed by atoms with Gasteiger partial charge in [-0.05, 0) is 61.7 Å². The fourth-order valence-electron chi connectivity index (χ4n) is 5.28. The maximum absolute atomic E-state index is 14.1. The number of carbonyl (C=O) groups excluding carboxylic acids is 1. The number of halogens is 2. The Morgan fingerprint density at radius 1 is 1.10 bits per heavy atom. The number of rotatable bonds is 10. The number of imidazole rings is 1. The number of likely N-dealkylation sites (tertiary alicyclic amines) is 1. The summed E-state index contributed by atoms with van der Waals surface area (Å²) in [7, 11) is 1.39. The summed E-state index contributed by atoms with van der Waals surface area (Å²) < 4.78 is 39.4. The first-order chi connectivity index (χ1) is 20.4. The van der Waals surface area contributed by atoms with Gasteiger partial charge in [0.15, 0.2) is 11.6 Å². The topological polar surface area (TPSA) is 87.9 Å². The molecule has 0 aliphatic carbocycles. The lowest BCUT2D eigenvalue weighted by atomic mass is 10.1. The average Bonchev–Trinajstić information content (AvgIpc) is 3.31. The maximum atomic E-state index is 14.1. The van der Waals surface area contributed by atoms with Crippen LogP contribution in [-0.2, 0) is 29.2 Å². The van der Waals surface area contributed by atoms with Crippen molar-refractivity contribution >= 4 is 32.9 Å². The number of fused-ring (bicyclic) bond motifs is 1. The van der Waals surface area contributed by atoms with Crippen molar-refractivity contribution in [2.24, 2.45) is 0 Å². The third-order valence-corrected chi connectivity index (χ3v) is 8.16. The number of esters is 1. The van der Waals surface area contributed by atoms with Crippen LogP contribution in [-0.4, -0.2) is 64.4 Å². The van der Waals surface area contributed by atoms with Crippen LogP contribution in [0.1, 0.15) is 41.1 Å². The molecular weight excluding hydrogens is 607 g/mol. The van der Waals surface area contributed by atoms with E-state index in [4.69, 9.17) is 23.9 Å². The summed E-state index contributed by atoms with van der Waals surface area (Å²) in [6.45, 7) is 4.03. The van der Waals surface area contributed by atoms with Gasteiger partial charge < -0.3 is 23.5 Å². The molecule has 0 unspecified atom stereocenters. The lowest BCUT2D eigenvalue weighted by molar-refractivity contribution is -0.0592. The van der Waals surface area contributed by atoms with E-state index in [1.54, 1.807) is 18.2 Å². The standard InChI is InChI=1S/C31H32BrFN4O5/c1-39-31(38)20-5-7-26-27(15-20)37(17-24-11-14-40-24)29(35-26)18-36-12-9-23(10-13-36)42-30-4-2-3-22(34-30)19-41-28-8-6-21(32)16-25(28)33/h2-8,15-16,23-24H,9-14,17-19H2,1H3/t24-/m0/s1. The molecule has 0 bridgehead atoms. The molecular formula is C31H32BrFN4O5. The zero-order chi connectivity index (χ0) is 29.1. The van der Waals surface area contributed by atoms with Crippen molar-refractivity contribution in [2.45, 2.75) is 51.2 Å². The van der Waals surface area contributed by atoms with E-state index in [0.717, 1.165) is 55.8 Å². The molecule has 2 aromatic carbocycles. The van der Waals surface area contributed by atoms with Crippen molar-refractivity contribution in [1.29, 1.82) is 0 Å². The zero-order valence-corrected chi connectivity index (χ0v) is 24.9. The molecule has 11 heteroatoms. The Kier molecular flexibility index (Phi) is 8.68. The molecule has 0 saturated carbocycles. The second kappa shape index (κ2) is 12.8. The smallest absolute Gasteiger partial charge is 0.337 e. The minimum Gasteiger partial charge on any atom is -0.484 e. The zero-order valence-electron chi connectivity index (χ0n) is 23.3. The summed E-state index contributed by atoms with van der Waals surface area (Å²) in [5.74, 6) is 0.880. The molecule has 4 aromatic rings. The number of hydrogen-bond donors (Lipinski definition) is 0. The first-order valence-corrected chi connectivity index (χ1v) is 14.9. The Bertz CT molecular complexity index is 1570. The van der Waals surface area contributed by atoms with Gasteiger partial charge in [-0.3, -0.25) is 4.90 Å². The van der Waals surface area contributed by atoms with E-state index in [0.29, 0.717) is 34.7 Å². The predicted molar refractivity (Wildman–Crippen MR) is 157 cm³/mol. The second-order valence-electron chi connectivity index (χ2n) is 10.5. The van der Waals surface area contributed by atoms with Crippen molar-refractivity contribution in [3.63, 3.8) is 0 Å². The molecule has 0 N–H and O–H groups in total. The van der Waals surface area contributed by atoms with Crippen molar-refractivity contribution in [1.82, 2.24) is 19.4 Å². The lowest BCUT2D eigenvalue weighted by Crippen LogP contribution is -2.39. The Morgan fingerprint density at radius 3 is 2.67 bits per heavy atom. The molecule has 0 spiro atoms. The number of nitrogens with zero attached hydrogens (tertiary/aromatic N) is 4. The average molecular weight is 640 g/mol. The Hall–Kier alpha value is -3.54. The van der Waals surface area contributed by atoms with E-state index in [9.17, 15) is 9.18 Å². The molecule has 2 fully saturated rings. The molecule has 2 aromatic heterocycles. The van der Waals surface area contributed by atoms with Crippen LogP contribution in [0, 0.1) is 5.82 Å². The number of benzene rings is 2. The summed E-state index contributed by atoms with van der Waals surface area (Å²) in [5.41, 5.74) is 2.94. The summed E-state index contributed by atoms with van der Waals surface area (Å²) >= 11 is 3.25. The minimum atomic E-state index is -0.429. The Morgan fingerprint density at radius 2 is 1.93 bits per heavy atom. The van der Waals surface area contributed by atoms with Crippen LogP contribution < -0.4 is 9.47 Å².